The summed E-state index contributed by atoms with van der Waals surface area (Å²) in [6.45, 7) is 1.90. The summed E-state index contributed by atoms with van der Waals surface area (Å²) in [4.78, 5) is 10.5. The zero-order valence-electron chi connectivity index (χ0n) is 10.9. The summed E-state index contributed by atoms with van der Waals surface area (Å²) < 4.78 is 0. The topological polar surface area (TPSA) is 87.3 Å². The van der Waals surface area contributed by atoms with E-state index in [0.717, 1.165) is 37.2 Å². The number of nitrogens with one attached hydrogen (secondary N) is 1. The maximum absolute atomic E-state index is 10.1. The summed E-state index contributed by atoms with van der Waals surface area (Å²) in [6.07, 6.45) is 3.82. The van der Waals surface area contributed by atoms with E-state index in [-0.39, 0.29) is 12.1 Å². The molecule has 1 aliphatic rings. The van der Waals surface area contributed by atoms with Gasteiger partial charge in [0.25, 0.3) is 0 Å². The lowest BCUT2D eigenvalue weighted by molar-refractivity contribution is 0.106. The van der Waals surface area contributed by atoms with E-state index in [1.54, 1.807) is 0 Å². The number of hydrazine groups is 1. The van der Waals surface area contributed by atoms with E-state index >= 15 is 0 Å². The van der Waals surface area contributed by atoms with Crippen molar-refractivity contribution in [3.63, 3.8) is 0 Å². The number of rotatable bonds is 3. The molecule has 1 aromatic rings. The van der Waals surface area contributed by atoms with E-state index in [0.29, 0.717) is 5.95 Å². The number of likely N-dealkylation sites (N-methyl/N-ethyl adjacent to an activating group) is 1. The minimum absolute atomic E-state index is 0.124. The Hall–Kier alpha value is -1.40. The normalized spacial score (nSPS) is 23.8. The van der Waals surface area contributed by atoms with Gasteiger partial charge in [0, 0.05) is 18.8 Å². The summed E-state index contributed by atoms with van der Waals surface area (Å²) in [5, 5.41) is 10.1. The van der Waals surface area contributed by atoms with Crippen molar-refractivity contribution in [1.82, 2.24) is 9.97 Å². The average molecular weight is 251 g/mol. The van der Waals surface area contributed by atoms with E-state index in [1.807, 2.05) is 24.9 Å². The summed E-state index contributed by atoms with van der Waals surface area (Å²) in [6, 6.07) is 2.03. The van der Waals surface area contributed by atoms with Crippen LogP contribution in [0.4, 0.5) is 11.8 Å². The molecule has 1 saturated carbocycles. The first-order valence-electron chi connectivity index (χ1n) is 6.35. The maximum Gasteiger partial charge on any atom is 0.239 e. The molecule has 0 saturated heterocycles. The molecule has 2 unspecified atom stereocenters. The van der Waals surface area contributed by atoms with Crippen molar-refractivity contribution < 1.29 is 5.11 Å². The SMILES string of the molecule is Cc1cc(N(C)C2CCCCC2O)nc(NN)n1. The number of nitrogens with two attached hydrogens (primary N) is 1. The van der Waals surface area contributed by atoms with E-state index in [9.17, 15) is 5.11 Å². The molecule has 1 heterocycles. The van der Waals surface area contributed by atoms with Gasteiger partial charge in [0.05, 0.1) is 12.1 Å². The van der Waals surface area contributed by atoms with Crippen LogP contribution >= 0.6 is 0 Å². The number of anilines is 2. The molecular weight excluding hydrogens is 230 g/mol. The Balaban J connectivity index is 2.21. The van der Waals surface area contributed by atoms with Gasteiger partial charge < -0.3 is 10.0 Å². The predicted octanol–water partition coefficient (Wildman–Crippen LogP) is 0.810. The molecule has 0 spiro atoms. The largest absolute Gasteiger partial charge is 0.391 e. The molecule has 0 aromatic carbocycles. The Labute approximate surface area is 107 Å². The molecule has 0 radical (unpaired) electrons. The molecule has 0 aliphatic heterocycles. The van der Waals surface area contributed by atoms with E-state index in [4.69, 9.17) is 5.84 Å². The summed E-state index contributed by atoms with van der Waals surface area (Å²) in [7, 11) is 1.96. The first-order chi connectivity index (χ1) is 8.61. The Morgan fingerprint density at radius 2 is 2.11 bits per heavy atom. The highest BCUT2D eigenvalue weighted by Gasteiger charge is 2.27. The molecule has 2 rings (SSSR count). The number of nitrogen functional groups attached to an aromatic ring is 1. The molecule has 6 heteroatoms. The minimum Gasteiger partial charge on any atom is -0.391 e. The third-order valence-electron chi connectivity index (χ3n) is 3.52. The number of aliphatic hydroxyl groups excluding tert-OH is 1. The Bertz CT molecular complexity index is 411. The van der Waals surface area contributed by atoms with Crippen molar-refractivity contribution >= 4 is 11.8 Å². The van der Waals surface area contributed by atoms with Crippen molar-refractivity contribution in [3.8, 4) is 0 Å². The van der Waals surface area contributed by atoms with Crippen LogP contribution in [0.25, 0.3) is 0 Å². The molecule has 1 aromatic heterocycles. The number of nitrogens with zero attached hydrogens (tertiary/aromatic N) is 3. The van der Waals surface area contributed by atoms with Crippen LogP contribution in [0.1, 0.15) is 31.4 Å². The molecule has 1 fully saturated rings. The van der Waals surface area contributed by atoms with Crippen LogP contribution in [0.15, 0.2) is 6.07 Å². The van der Waals surface area contributed by atoms with Crippen molar-refractivity contribution in [2.45, 2.75) is 44.8 Å². The Morgan fingerprint density at radius 3 is 2.78 bits per heavy atom. The smallest absolute Gasteiger partial charge is 0.239 e. The van der Waals surface area contributed by atoms with Crippen molar-refractivity contribution in [2.75, 3.05) is 17.4 Å². The Morgan fingerprint density at radius 1 is 1.39 bits per heavy atom. The van der Waals surface area contributed by atoms with Crippen molar-refractivity contribution in [3.05, 3.63) is 11.8 Å². The van der Waals surface area contributed by atoms with E-state index in [2.05, 4.69) is 15.4 Å². The van der Waals surface area contributed by atoms with Gasteiger partial charge in [0.2, 0.25) is 5.95 Å². The number of hydrogen-bond acceptors (Lipinski definition) is 6. The molecular formula is C12H21N5O. The van der Waals surface area contributed by atoms with Gasteiger partial charge in [-0.2, -0.15) is 4.98 Å². The van der Waals surface area contributed by atoms with Gasteiger partial charge in [0.15, 0.2) is 0 Å². The fourth-order valence-electron chi connectivity index (χ4n) is 2.51. The van der Waals surface area contributed by atoms with Gasteiger partial charge in [-0.05, 0) is 19.8 Å². The first kappa shape index (κ1) is 13.0. The average Bonchev–Trinajstić information content (AvgIpc) is 2.37. The van der Waals surface area contributed by atoms with E-state index in [1.165, 1.54) is 0 Å². The standard InChI is InChI=1S/C12H21N5O/c1-8-7-11(15-12(14-8)16-13)17(2)9-5-3-4-6-10(9)18/h7,9-10,18H,3-6,13H2,1-2H3,(H,14,15,16). The second-order valence-electron chi connectivity index (χ2n) is 4.87. The summed E-state index contributed by atoms with van der Waals surface area (Å²) in [5.74, 6) is 6.55. The molecule has 2 atom stereocenters. The lowest BCUT2D eigenvalue weighted by atomic mass is 9.91. The fourth-order valence-corrected chi connectivity index (χ4v) is 2.51. The second kappa shape index (κ2) is 5.49. The second-order valence-corrected chi connectivity index (χ2v) is 4.87. The molecule has 18 heavy (non-hydrogen) atoms. The van der Waals surface area contributed by atoms with Crippen LogP contribution in [0.2, 0.25) is 0 Å². The molecule has 1 aliphatic carbocycles. The molecule has 100 valence electrons. The molecule has 0 amide bonds. The first-order valence-corrected chi connectivity index (χ1v) is 6.35. The third kappa shape index (κ3) is 2.70. The highest BCUT2D eigenvalue weighted by Crippen LogP contribution is 2.26. The van der Waals surface area contributed by atoms with Gasteiger partial charge in [-0.1, -0.05) is 12.8 Å². The maximum atomic E-state index is 10.1. The number of aryl methyl sites for hydroxylation is 1. The number of hydrogen-bond donors (Lipinski definition) is 3. The number of aromatic nitrogens is 2. The summed E-state index contributed by atoms with van der Waals surface area (Å²) >= 11 is 0. The fraction of sp³-hybridized carbons (Fsp3) is 0.667. The van der Waals surface area contributed by atoms with E-state index < -0.39 is 0 Å². The van der Waals surface area contributed by atoms with Crippen LogP contribution in [0, 0.1) is 6.92 Å². The van der Waals surface area contributed by atoms with Gasteiger partial charge in [-0.25, -0.2) is 10.8 Å². The van der Waals surface area contributed by atoms with Crippen molar-refractivity contribution in [1.29, 1.82) is 0 Å². The van der Waals surface area contributed by atoms with Crippen LogP contribution in [-0.2, 0) is 0 Å². The lowest BCUT2D eigenvalue weighted by Gasteiger charge is -2.36. The number of aliphatic hydroxyl groups is 1. The quantitative estimate of drug-likeness (QED) is 0.544. The van der Waals surface area contributed by atoms with Crippen LogP contribution in [-0.4, -0.2) is 34.3 Å². The van der Waals surface area contributed by atoms with Gasteiger partial charge >= 0.3 is 0 Å². The minimum atomic E-state index is -0.284. The Kier molecular flexibility index (Phi) is 3.98. The highest BCUT2D eigenvalue weighted by atomic mass is 16.3. The highest BCUT2D eigenvalue weighted by molar-refractivity contribution is 5.45. The molecule has 0 bridgehead atoms. The monoisotopic (exact) mass is 251 g/mol. The van der Waals surface area contributed by atoms with Crippen LogP contribution in [0.3, 0.4) is 0 Å². The van der Waals surface area contributed by atoms with Crippen LogP contribution < -0.4 is 16.2 Å². The zero-order chi connectivity index (χ0) is 13.1. The molecule has 4 N–H and O–H groups in total. The van der Waals surface area contributed by atoms with Gasteiger partial charge in [-0.3, -0.25) is 5.43 Å². The zero-order valence-corrected chi connectivity index (χ0v) is 10.9. The summed E-state index contributed by atoms with van der Waals surface area (Å²) in [5.41, 5.74) is 3.32. The van der Waals surface area contributed by atoms with Gasteiger partial charge in [-0.15, -0.1) is 0 Å². The third-order valence-corrected chi connectivity index (χ3v) is 3.52. The lowest BCUT2D eigenvalue weighted by Crippen LogP contribution is -2.44. The molecule has 6 nitrogen and oxygen atoms in total. The van der Waals surface area contributed by atoms with Crippen molar-refractivity contribution in [2.24, 2.45) is 5.84 Å². The van der Waals surface area contributed by atoms with Crippen LogP contribution in [0.5, 0.6) is 0 Å². The predicted molar refractivity (Wildman–Crippen MR) is 71.2 cm³/mol. The van der Waals surface area contributed by atoms with Gasteiger partial charge in [0.1, 0.15) is 5.82 Å².